The summed E-state index contributed by atoms with van der Waals surface area (Å²) >= 11 is 0. The van der Waals surface area contributed by atoms with Crippen molar-refractivity contribution in [1.82, 2.24) is 10.2 Å². The standard InChI is InChI=1S/C17H27FN2O2.ClH/c1-13(2)11-20(17(22)5-4-10-19-3)12-16(21)14-6-8-15(18)9-7-14;/h6-9,13,16,19,21H,4-5,10-12H2,1-3H3;1H. The molecule has 0 aromatic heterocycles. The van der Waals surface area contributed by atoms with E-state index in [1.807, 2.05) is 20.9 Å². The number of benzene rings is 1. The van der Waals surface area contributed by atoms with E-state index in [1.165, 1.54) is 12.1 Å². The number of halogens is 2. The van der Waals surface area contributed by atoms with Crippen molar-refractivity contribution in [3.05, 3.63) is 35.6 Å². The van der Waals surface area contributed by atoms with E-state index in [4.69, 9.17) is 0 Å². The quantitative estimate of drug-likeness (QED) is 0.676. The monoisotopic (exact) mass is 346 g/mol. The lowest BCUT2D eigenvalue weighted by Crippen LogP contribution is -2.37. The van der Waals surface area contributed by atoms with Crippen molar-refractivity contribution in [1.29, 1.82) is 0 Å². The summed E-state index contributed by atoms with van der Waals surface area (Å²) in [5.41, 5.74) is 0.623. The fourth-order valence-electron chi connectivity index (χ4n) is 2.29. The molecule has 2 N–H and O–H groups in total. The molecule has 1 unspecified atom stereocenters. The molecule has 1 amide bonds. The molecule has 0 aliphatic heterocycles. The van der Waals surface area contributed by atoms with Gasteiger partial charge in [0.2, 0.25) is 5.91 Å². The number of rotatable bonds is 9. The lowest BCUT2D eigenvalue weighted by Gasteiger charge is -2.27. The SMILES string of the molecule is CNCCCC(=O)N(CC(C)C)CC(O)c1ccc(F)cc1.Cl. The zero-order valence-corrected chi connectivity index (χ0v) is 14.9. The molecule has 4 nitrogen and oxygen atoms in total. The molecule has 0 radical (unpaired) electrons. The third-order valence-corrected chi connectivity index (χ3v) is 3.40. The molecule has 6 heteroatoms. The van der Waals surface area contributed by atoms with Crippen LogP contribution < -0.4 is 5.32 Å². The molecule has 1 atom stereocenters. The Morgan fingerprint density at radius 1 is 1.26 bits per heavy atom. The molecular weight excluding hydrogens is 319 g/mol. The second-order valence-corrected chi connectivity index (χ2v) is 5.97. The zero-order chi connectivity index (χ0) is 16.5. The first-order valence-corrected chi connectivity index (χ1v) is 7.80. The van der Waals surface area contributed by atoms with E-state index in [9.17, 15) is 14.3 Å². The third-order valence-electron chi connectivity index (χ3n) is 3.40. The average Bonchev–Trinajstić information content (AvgIpc) is 2.46. The Labute approximate surface area is 144 Å². The fraction of sp³-hybridized carbons (Fsp3) is 0.588. The maximum absolute atomic E-state index is 12.9. The molecule has 0 fully saturated rings. The van der Waals surface area contributed by atoms with E-state index in [-0.39, 0.29) is 30.7 Å². The van der Waals surface area contributed by atoms with Gasteiger partial charge in [-0.3, -0.25) is 4.79 Å². The number of hydrogen-bond donors (Lipinski definition) is 2. The number of nitrogens with zero attached hydrogens (tertiary/aromatic N) is 1. The van der Waals surface area contributed by atoms with Crippen molar-refractivity contribution >= 4 is 18.3 Å². The summed E-state index contributed by atoms with van der Waals surface area (Å²) in [6.45, 7) is 5.72. The maximum Gasteiger partial charge on any atom is 0.222 e. The minimum Gasteiger partial charge on any atom is -0.387 e. The Bertz CT molecular complexity index is 454. The molecule has 0 heterocycles. The van der Waals surface area contributed by atoms with E-state index >= 15 is 0 Å². The van der Waals surface area contributed by atoms with E-state index in [1.54, 1.807) is 17.0 Å². The van der Waals surface area contributed by atoms with Crippen LogP contribution in [0.1, 0.15) is 38.4 Å². The summed E-state index contributed by atoms with van der Waals surface area (Å²) in [5.74, 6) is 0.0388. The largest absolute Gasteiger partial charge is 0.387 e. The Morgan fingerprint density at radius 2 is 1.87 bits per heavy atom. The topological polar surface area (TPSA) is 52.6 Å². The predicted molar refractivity (Wildman–Crippen MR) is 93.2 cm³/mol. The molecule has 0 aliphatic rings. The number of aliphatic hydroxyl groups is 1. The third kappa shape index (κ3) is 8.30. The van der Waals surface area contributed by atoms with Gasteiger partial charge in [0, 0.05) is 13.0 Å². The highest BCUT2D eigenvalue weighted by molar-refractivity contribution is 5.85. The van der Waals surface area contributed by atoms with Crippen molar-refractivity contribution in [3.63, 3.8) is 0 Å². The molecule has 0 bridgehead atoms. The van der Waals surface area contributed by atoms with Crippen molar-refractivity contribution in [2.45, 2.75) is 32.8 Å². The van der Waals surface area contributed by atoms with Crippen molar-refractivity contribution in [3.8, 4) is 0 Å². The van der Waals surface area contributed by atoms with Crippen molar-refractivity contribution in [2.24, 2.45) is 5.92 Å². The van der Waals surface area contributed by atoms with E-state index in [0.29, 0.717) is 24.4 Å². The summed E-state index contributed by atoms with van der Waals surface area (Å²) < 4.78 is 12.9. The van der Waals surface area contributed by atoms with E-state index in [0.717, 1.165) is 13.0 Å². The minimum atomic E-state index is -0.799. The van der Waals surface area contributed by atoms with Gasteiger partial charge in [-0.2, -0.15) is 0 Å². The summed E-state index contributed by atoms with van der Waals surface area (Å²) in [5, 5.41) is 13.3. The average molecular weight is 347 g/mol. The summed E-state index contributed by atoms with van der Waals surface area (Å²) in [6, 6.07) is 5.75. The second-order valence-electron chi connectivity index (χ2n) is 5.97. The van der Waals surface area contributed by atoms with Gasteiger partial charge >= 0.3 is 0 Å². The van der Waals surface area contributed by atoms with Crippen LogP contribution in [0.2, 0.25) is 0 Å². The van der Waals surface area contributed by atoms with Crippen LogP contribution in [0.15, 0.2) is 24.3 Å². The van der Waals surface area contributed by atoms with Crippen LogP contribution in [0.3, 0.4) is 0 Å². The molecule has 0 aliphatic carbocycles. The van der Waals surface area contributed by atoms with Crippen LogP contribution in [0.5, 0.6) is 0 Å². The summed E-state index contributed by atoms with van der Waals surface area (Å²) in [4.78, 5) is 14.0. The summed E-state index contributed by atoms with van der Waals surface area (Å²) in [6.07, 6.45) is 0.438. The molecule has 132 valence electrons. The van der Waals surface area contributed by atoms with E-state index in [2.05, 4.69) is 5.32 Å². The summed E-state index contributed by atoms with van der Waals surface area (Å²) in [7, 11) is 1.86. The Kier molecular flexibility index (Phi) is 10.8. The van der Waals surface area contributed by atoms with Crippen LogP contribution in [-0.2, 0) is 4.79 Å². The van der Waals surface area contributed by atoms with Crippen LogP contribution in [-0.4, -0.2) is 42.6 Å². The fourth-order valence-corrected chi connectivity index (χ4v) is 2.29. The molecule has 23 heavy (non-hydrogen) atoms. The number of aliphatic hydroxyl groups excluding tert-OH is 1. The van der Waals surface area contributed by atoms with Gasteiger partial charge in [-0.25, -0.2) is 4.39 Å². The Hall–Kier alpha value is -1.17. The normalized spacial score (nSPS) is 11.9. The number of nitrogens with one attached hydrogen (secondary N) is 1. The smallest absolute Gasteiger partial charge is 0.222 e. The number of carbonyl (C=O) groups excluding carboxylic acids is 1. The van der Waals surface area contributed by atoms with Gasteiger partial charge in [-0.05, 0) is 43.6 Å². The second kappa shape index (κ2) is 11.4. The first-order valence-electron chi connectivity index (χ1n) is 7.80. The van der Waals surface area contributed by atoms with Gasteiger partial charge in [-0.15, -0.1) is 12.4 Å². The predicted octanol–water partition coefficient (Wildman–Crippen LogP) is 2.77. The van der Waals surface area contributed by atoms with Crippen LogP contribution in [0.25, 0.3) is 0 Å². The molecule has 0 spiro atoms. The Balaban J connectivity index is 0.00000484. The molecule has 0 saturated heterocycles. The van der Waals surface area contributed by atoms with Gasteiger partial charge in [0.05, 0.1) is 12.6 Å². The number of carbonyl (C=O) groups is 1. The van der Waals surface area contributed by atoms with Crippen molar-refractivity contribution < 1.29 is 14.3 Å². The number of hydrogen-bond acceptors (Lipinski definition) is 3. The van der Waals surface area contributed by atoms with Crippen LogP contribution in [0.4, 0.5) is 4.39 Å². The van der Waals surface area contributed by atoms with Crippen LogP contribution >= 0.6 is 12.4 Å². The van der Waals surface area contributed by atoms with Gasteiger partial charge in [0.1, 0.15) is 5.82 Å². The van der Waals surface area contributed by atoms with Crippen LogP contribution in [0, 0.1) is 11.7 Å². The maximum atomic E-state index is 12.9. The van der Waals surface area contributed by atoms with Crippen molar-refractivity contribution in [2.75, 3.05) is 26.7 Å². The van der Waals surface area contributed by atoms with Gasteiger partial charge in [-0.1, -0.05) is 26.0 Å². The highest BCUT2D eigenvalue weighted by Crippen LogP contribution is 2.16. The Morgan fingerprint density at radius 3 is 2.39 bits per heavy atom. The highest BCUT2D eigenvalue weighted by Gasteiger charge is 2.19. The lowest BCUT2D eigenvalue weighted by atomic mass is 10.1. The first kappa shape index (κ1) is 21.8. The van der Waals surface area contributed by atoms with Gasteiger partial charge in [0.25, 0.3) is 0 Å². The zero-order valence-electron chi connectivity index (χ0n) is 14.1. The highest BCUT2D eigenvalue weighted by atomic mass is 35.5. The first-order chi connectivity index (χ1) is 10.4. The molecule has 1 aromatic rings. The number of amides is 1. The molecule has 1 aromatic carbocycles. The minimum absolute atomic E-state index is 0. The van der Waals surface area contributed by atoms with Gasteiger partial charge < -0.3 is 15.3 Å². The van der Waals surface area contributed by atoms with Gasteiger partial charge in [0.15, 0.2) is 0 Å². The van der Waals surface area contributed by atoms with E-state index < -0.39 is 6.10 Å². The molecular formula is C17H28ClFN2O2. The molecule has 0 saturated carbocycles. The lowest BCUT2D eigenvalue weighted by molar-refractivity contribution is -0.133. The molecule has 1 rings (SSSR count).